The van der Waals surface area contributed by atoms with Gasteiger partial charge in [0.15, 0.2) is 16.5 Å². The molecule has 0 aliphatic carbocycles. The predicted molar refractivity (Wildman–Crippen MR) is 83.9 cm³/mol. The smallest absolute Gasteiger partial charge is 0.335 e. The summed E-state index contributed by atoms with van der Waals surface area (Å²) in [4.78, 5) is 13.5. The quantitative estimate of drug-likeness (QED) is 0.346. The highest BCUT2D eigenvalue weighted by Gasteiger charge is 2.37. The van der Waals surface area contributed by atoms with Crippen LogP contribution in [0.2, 0.25) is 5.02 Å². The summed E-state index contributed by atoms with van der Waals surface area (Å²) in [5.74, 6) is -0.269. The van der Waals surface area contributed by atoms with Gasteiger partial charge in [0.05, 0.1) is 10.6 Å². The van der Waals surface area contributed by atoms with Crippen LogP contribution >= 0.6 is 23.4 Å². The SMILES string of the molecule is CSc1nc(C(F)(F)F)c2[nH]c(-c3cc(C(F)(F)F)ccc3Cl)nc2n1. The van der Waals surface area contributed by atoms with E-state index in [-0.39, 0.29) is 27.2 Å². The fraction of sp³-hybridized carbons (Fsp3) is 0.214. The second-order valence-corrected chi connectivity index (χ2v) is 6.21. The summed E-state index contributed by atoms with van der Waals surface area (Å²) in [5.41, 5.74) is -3.31. The predicted octanol–water partition coefficient (Wildman–Crippen LogP) is 5.43. The molecule has 138 valence electrons. The summed E-state index contributed by atoms with van der Waals surface area (Å²) < 4.78 is 78.3. The van der Waals surface area contributed by atoms with Gasteiger partial charge in [0, 0.05) is 5.56 Å². The number of thioether (sulfide) groups is 1. The Bertz CT molecular complexity index is 982. The summed E-state index contributed by atoms with van der Waals surface area (Å²) in [7, 11) is 0. The molecular weight excluding hydrogens is 406 g/mol. The number of rotatable bonds is 2. The Morgan fingerprint density at radius 1 is 1.00 bits per heavy atom. The molecule has 0 atom stereocenters. The number of alkyl halides is 6. The van der Waals surface area contributed by atoms with Gasteiger partial charge >= 0.3 is 12.4 Å². The van der Waals surface area contributed by atoms with Crippen LogP contribution in [0.5, 0.6) is 0 Å². The summed E-state index contributed by atoms with van der Waals surface area (Å²) in [5, 5.41) is -0.276. The average Bonchev–Trinajstić information content (AvgIpc) is 2.95. The fourth-order valence-corrected chi connectivity index (χ4v) is 2.75. The standard InChI is InChI=1S/C14H7ClF6N4S/c1-26-12-23-9(14(19,20)21)8-11(25-12)24-10(22-8)6-4-5(13(16,17)18)2-3-7(6)15/h2-4H,1H3,(H,22,23,24,25). The van der Waals surface area contributed by atoms with Crippen molar-refractivity contribution in [2.45, 2.75) is 17.5 Å². The molecular formula is C14H7ClF6N4S. The Morgan fingerprint density at radius 2 is 1.69 bits per heavy atom. The number of aromatic nitrogens is 4. The van der Waals surface area contributed by atoms with Crippen molar-refractivity contribution in [3.63, 3.8) is 0 Å². The Labute approximate surface area is 151 Å². The Morgan fingerprint density at radius 3 is 2.27 bits per heavy atom. The van der Waals surface area contributed by atoms with Crippen molar-refractivity contribution in [2.75, 3.05) is 6.26 Å². The van der Waals surface area contributed by atoms with Gasteiger partial charge in [0.25, 0.3) is 0 Å². The van der Waals surface area contributed by atoms with Crippen LogP contribution in [0.25, 0.3) is 22.6 Å². The van der Waals surface area contributed by atoms with Gasteiger partial charge in [0.1, 0.15) is 11.3 Å². The van der Waals surface area contributed by atoms with Gasteiger partial charge in [-0.3, -0.25) is 0 Å². The van der Waals surface area contributed by atoms with Gasteiger partial charge in [-0.2, -0.15) is 26.3 Å². The number of imidazole rings is 1. The molecule has 0 bridgehead atoms. The van der Waals surface area contributed by atoms with Crippen LogP contribution in [0, 0.1) is 0 Å². The lowest BCUT2D eigenvalue weighted by Crippen LogP contribution is -2.10. The number of aromatic amines is 1. The summed E-state index contributed by atoms with van der Waals surface area (Å²) in [6, 6.07) is 2.47. The van der Waals surface area contributed by atoms with E-state index in [0.29, 0.717) is 6.07 Å². The number of fused-ring (bicyclic) bond motifs is 1. The first kappa shape index (κ1) is 18.8. The molecule has 0 aliphatic rings. The third-order valence-corrected chi connectivity index (χ3v) is 4.21. The zero-order chi connectivity index (χ0) is 19.3. The van der Waals surface area contributed by atoms with Crippen molar-refractivity contribution in [2.24, 2.45) is 0 Å². The molecule has 4 nitrogen and oxygen atoms in total. The molecule has 12 heteroatoms. The first-order valence-corrected chi connectivity index (χ1v) is 8.37. The zero-order valence-corrected chi connectivity index (χ0v) is 14.2. The van der Waals surface area contributed by atoms with E-state index in [0.717, 1.165) is 23.9 Å². The van der Waals surface area contributed by atoms with Crippen molar-refractivity contribution in [1.82, 2.24) is 19.9 Å². The highest BCUT2D eigenvalue weighted by Crippen LogP contribution is 2.37. The van der Waals surface area contributed by atoms with Crippen molar-refractivity contribution in [3.05, 3.63) is 34.5 Å². The minimum absolute atomic E-state index is 0.108. The Kier molecular flexibility index (Phi) is 4.55. The van der Waals surface area contributed by atoms with Crippen molar-refractivity contribution in [1.29, 1.82) is 0 Å². The van der Waals surface area contributed by atoms with Crippen molar-refractivity contribution < 1.29 is 26.3 Å². The molecule has 1 N–H and O–H groups in total. The van der Waals surface area contributed by atoms with E-state index in [1.165, 1.54) is 6.26 Å². The molecule has 0 saturated carbocycles. The molecule has 0 amide bonds. The maximum atomic E-state index is 13.2. The Balaban J connectivity index is 2.25. The highest BCUT2D eigenvalue weighted by atomic mass is 35.5. The summed E-state index contributed by atoms with van der Waals surface area (Å²) in [6.45, 7) is 0. The van der Waals surface area contributed by atoms with Crippen LogP contribution in [0.1, 0.15) is 11.3 Å². The molecule has 0 unspecified atom stereocenters. The van der Waals surface area contributed by atoms with Crippen LogP contribution in [-0.2, 0) is 12.4 Å². The second-order valence-electron chi connectivity index (χ2n) is 5.03. The van der Waals surface area contributed by atoms with E-state index in [4.69, 9.17) is 11.6 Å². The Hall–Kier alpha value is -2.01. The molecule has 26 heavy (non-hydrogen) atoms. The maximum absolute atomic E-state index is 13.2. The van der Waals surface area contributed by atoms with E-state index < -0.39 is 29.1 Å². The average molecular weight is 413 g/mol. The summed E-state index contributed by atoms with van der Waals surface area (Å²) >= 11 is 6.78. The maximum Gasteiger partial charge on any atom is 0.435 e. The van der Waals surface area contributed by atoms with Crippen molar-refractivity contribution >= 4 is 34.5 Å². The normalized spacial score (nSPS) is 12.8. The topological polar surface area (TPSA) is 54.5 Å². The molecule has 0 aliphatic heterocycles. The molecule has 0 saturated heterocycles. The minimum atomic E-state index is -4.80. The number of halogens is 7. The molecule has 0 radical (unpaired) electrons. The van der Waals surface area contributed by atoms with Gasteiger partial charge in [-0.25, -0.2) is 15.0 Å². The minimum Gasteiger partial charge on any atom is -0.335 e. The van der Waals surface area contributed by atoms with Crippen LogP contribution in [0.3, 0.4) is 0 Å². The monoisotopic (exact) mass is 412 g/mol. The molecule has 0 spiro atoms. The van der Waals surface area contributed by atoms with Gasteiger partial charge in [-0.15, -0.1) is 0 Å². The van der Waals surface area contributed by atoms with Gasteiger partial charge in [-0.1, -0.05) is 23.4 Å². The van der Waals surface area contributed by atoms with Crippen LogP contribution in [0.15, 0.2) is 23.4 Å². The van der Waals surface area contributed by atoms with Crippen LogP contribution < -0.4 is 0 Å². The fourth-order valence-electron chi connectivity index (χ4n) is 2.18. The number of benzene rings is 1. The lowest BCUT2D eigenvalue weighted by molar-refractivity contribution is -0.140. The van der Waals surface area contributed by atoms with Crippen LogP contribution in [0.4, 0.5) is 26.3 Å². The lowest BCUT2D eigenvalue weighted by atomic mass is 10.1. The molecule has 1 aromatic carbocycles. The first-order chi connectivity index (χ1) is 12.0. The summed E-state index contributed by atoms with van der Waals surface area (Å²) in [6.07, 6.45) is -7.96. The molecule has 3 aromatic rings. The first-order valence-electron chi connectivity index (χ1n) is 6.76. The second kappa shape index (κ2) is 6.31. The molecule has 2 aromatic heterocycles. The number of nitrogens with zero attached hydrogens (tertiary/aromatic N) is 3. The number of H-pyrrole nitrogens is 1. The van der Waals surface area contributed by atoms with E-state index in [1.54, 1.807) is 0 Å². The highest BCUT2D eigenvalue weighted by molar-refractivity contribution is 7.98. The van der Waals surface area contributed by atoms with E-state index in [1.807, 2.05) is 0 Å². The molecule has 3 rings (SSSR count). The van der Waals surface area contributed by atoms with Gasteiger partial charge in [0.2, 0.25) is 0 Å². The number of hydrogen-bond donors (Lipinski definition) is 1. The molecule has 0 fully saturated rings. The van der Waals surface area contributed by atoms with E-state index >= 15 is 0 Å². The van der Waals surface area contributed by atoms with Gasteiger partial charge in [-0.05, 0) is 24.5 Å². The van der Waals surface area contributed by atoms with Crippen LogP contribution in [-0.4, -0.2) is 26.2 Å². The van der Waals surface area contributed by atoms with Crippen molar-refractivity contribution in [3.8, 4) is 11.4 Å². The number of nitrogens with one attached hydrogen (secondary N) is 1. The zero-order valence-electron chi connectivity index (χ0n) is 12.6. The third-order valence-electron chi connectivity index (χ3n) is 3.33. The van der Waals surface area contributed by atoms with E-state index in [9.17, 15) is 26.3 Å². The number of hydrogen-bond acceptors (Lipinski definition) is 4. The molecule has 2 heterocycles. The third kappa shape index (κ3) is 3.45. The lowest BCUT2D eigenvalue weighted by Gasteiger charge is -2.09. The van der Waals surface area contributed by atoms with Gasteiger partial charge < -0.3 is 4.98 Å². The van der Waals surface area contributed by atoms with E-state index in [2.05, 4.69) is 19.9 Å². The largest absolute Gasteiger partial charge is 0.435 e.